The second kappa shape index (κ2) is 8.81. The van der Waals surface area contributed by atoms with Crippen LogP contribution < -0.4 is 4.90 Å². The summed E-state index contributed by atoms with van der Waals surface area (Å²) < 4.78 is 70.1. The summed E-state index contributed by atoms with van der Waals surface area (Å²) in [6.45, 7) is 0.899. The van der Waals surface area contributed by atoms with Crippen molar-refractivity contribution >= 4 is 21.4 Å². The second-order valence-electron chi connectivity index (χ2n) is 6.97. The Morgan fingerprint density at radius 2 is 1.74 bits per heavy atom. The van der Waals surface area contributed by atoms with Gasteiger partial charge in [-0.1, -0.05) is 12.1 Å². The number of anilines is 1. The lowest BCUT2D eigenvalue weighted by atomic mass is 10.1. The number of hydrogen-bond acceptors (Lipinski definition) is 6. The molecule has 12 heteroatoms. The van der Waals surface area contributed by atoms with Crippen molar-refractivity contribution in [3.63, 3.8) is 0 Å². The number of hydrogen-bond donors (Lipinski definition) is 0. The number of morpholine rings is 1. The standard InChI is InChI=1S/C19H20F3N3O5S/c1-23(13-14-2-4-15(5-3-14)19(20,21)22)17-7-6-16(12-18(17)25(26)27)31(28,29)24-8-10-30-11-9-24/h2-7,12H,8-11,13H2,1H3. The van der Waals surface area contributed by atoms with Crippen molar-refractivity contribution in [2.24, 2.45) is 0 Å². The molecular formula is C19H20F3N3O5S. The zero-order valence-corrected chi connectivity index (χ0v) is 17.3. The maximum absolute atomic E-state index is 12.8. The third-order valence-corrected chi connectivity index (χ3v) is 6.76. The number of nitro benzene ring substituents is 1. The van der Waals surface area contributed by atoms with Gasteiger partial charge in [-0.25, -0.2) is 8.42 Å². The van der Waals surface area contributed by atoms with Crippen LogP contribution in [-0.4, -0.2) is 51.0 Å². The number of ether oxygens (including phenoxy) is 1. The molecule has 3 rings (SSSR count). The maximum Gasteiger partial charge on any atom is 0.416 e. The molecule has 0 saturated carbocycles. The SMILES string of the molecule is CN(Cc1ccc(C(F)(F)F)cc1)c1ccc(S(=O)(=O)N2CCOCC2)cc1[N+](=O)[O-]. The highest BCUT2D eigenvalue weighted by molar-refractivity contribution is 7.89. The lowest BCUT2D eigenvalue weighted by molar-refractivity contribution is -0.384. The van der Waals surface area contributed by atoms with Gasteiger partial charge in [-0.15, -0.1) is 0 Å². The molecular weight excluding hydrogens is 439 g/mol. The van der Waals surface area contributed by atoms with E-state index in [0.29, 0.717) is 5.56 Å². The molecule has 1 aliphatic rings. The summed E-state index contributed by atoms with van der Waals surface area (Å²) in [4.78, 5) is 12.2. The molecule has 1 aliphatic heterocycles. The Labute approximate surface area is 177 Å². The van der Waals surface area contributed by atoms with E-state index in [2.05, 4.69) is 0 Å². The minimum Gasteiger partial charge on any atom is -0.379 e. The van der Waals surface area contributed by atoms with Gasteiger partial charge in [0.1, 0.15) is 5.69 Å². The molecule has 168 valence electrons. The molecule has 0 N–H and O–H groups in total. The van der Waals surface area contributed by atoms with Crippen LogP contribution in [0.15, 0.2) is 47.4 Å². The van der Waals surface area contributed by atoms with E-state index >= 15 is 0 Å². The first-order valence-electron chi connectivity index (χ1n) is 9.24. The van der Waals surface area contributed by atoms with Crippen molar-refractivity contribution < 1.29 is 31.2 Å². The fourth-order valence-corrected chi connectivity index (χ4v) is 4.66. The van der Waals surface area contributed by atoms with E-state index in [1.807, 2.05) is 0 Å². The van der Waals surface area contributed by atoms with E-state index in [9.17, 15) is 31.7 Å². The van der Waals surface area contributed by atoms with Gasteiger partial charge in [0.05, 0.1) is 28.6 Å². The first-order valence-corrected chi connectivity index (χ1v) is 10.7. The van der Waals surface area contributed by atoms with Gasteiger partial charge in [0, 0.05) is 32.7 Å². The molecule has 31 heavy (non-hydrogen) atoms. The molecule has 2 aromatic carbocycles. The molecule has 0 unspecified atom stereocenters. The van der Waals surface area contributed by atoms with Crippen LogP contribution in [0.25, 0.3) is 0 Å². The fraction of sp³-hybridized carbons (Fsp3) is 0.368. The van der Waals surface area contributed by atoms with Crippen LogP contribution >= 0.6 is 0 Å². The average molecular weight is 459 g/mol. The number of rotatable bonds is 6. The lowest BCUT2D eigenvalue weighted by Crippen LogP contribution is -2.40. The Kier molecular flexibility index (Phi) is 6.53. The molecule has 1 heterocycles. The highest BCUT2D eigenvalue weighted by Gasteiger charge is 2.31. The number of halogens is 3. The van der Waals surface area contributed by atoms with E-state index in [1.165, 1.54) is 40.5 Å². The maximum atomic E-state index is 12.8. The van der Waals surface area contributed by atoms with Crippen molar-refractivity contribution in [1.82, 2.24) is 4.31 Å². The zero-order valence-electron chi connectivity index (χ0n) is 16.5. The van der Waals surface area contributed by atoms with Crippen molar-refractivity contribution in [3.8, 4) is 0 Å². The predicted octanol–water partition coefficient (Wildman–Crippen LogP) is 3.27. The first kappa shape index (κ1) is 23.0. The summed E-state index contributed by atoms with van der Waals surface area (Å²) >= 11 is 0. The average Bonchev–Trinajstić information content (AvgIpc) is 2.73. The van der Waals surface area contributed by atoms with Crippen LogP contribution in [0, 0.1) is 10.1 Å². The smallest absolute Gasteiger partial charge is 0.379 e. The van der Waals surface area contributed by atoms with E-state index in [4.69, 9.17) is 4.74 Å². The van der Waals surface area contributed by atoms with Crippen molar-refractivity contribution in [3.05, 3.63) is 63.7 Å². The monoisotopic (exact) mass is 459 g/mol. The number of nitrogens with zero attached hydrogens (tertiary/aromatic N) is 3. The Bertz CT molecular complexity index is 1050. The predicted molar refractivity (Wildman–Crippen MR) is 106 cm³/mol. The fourth-order valence-electron chi connectivity index (χ4n) is 3.23. The molecule has 0 atom stereocenters. The van der Waals surface area contributed by atoms with Gasteiger partial charge in [0.2, 0.25) is 10.0 Å². The molecule has 0 spiro atoms. The van der Waals surface area contributed by atoms with Gasteiger partial charge in [-0.05, 0) is 29.8 Å². The van der Waals surface area contributed by atoms with Crippen molar-refractivity contribution in [2.45, 2.75) is 17.6 Å². The van der Waals surface area contributed by atoms with E-state index in [-0.39, 0.29) is 43.4 Å². The molecule has 0 bridgehead atoms. The molecule has 1 saturated heterocycles. The molecule has 8 nitrogen and oxygen atoms in total. The summed E-state index contributed by atoms with van der Waals surface area (Å²) in [5, 5.41) is 11.6. The van der Waals surface area contributed by atoms with Crippen molar-refractivity contribution in [2.75, 3.05) is 38.3 Å². The summed E-state index contributed by atoms with van der Waals surface area (Å²) in [7, 11) is -2.38. The molecule has 0 aliphatic carbocycles. The summed E-state index contributed by atoms with van der Waals surface area (Å²) in [6.07, 6.45) is -4.45. The van der Waals surface area contributed by atoms with Crippen LogP contribution in [-0.2, 0) is 27.5 Å². The van der Waals surface area contributed by atoms with E-state index < -0.39 is 32.4 Å². The minimum absolute atomic E-state index is 0.0918. The highest BCUT2D eigenvalue weighted by Crippen LogP contribution is 2.33. The number of sulfonamides is 1. The van der Waals surface area contributed by atoms with Gasteiger partial charge in [-0.3, -0.25) is 10.1 Å². The van der Waals surface area contributed by atoms with Crippen LogP contribution in [0.4, 0.5) is 24.5 Å². The first-order chi connectivity index (χ1) is 14.5. The molecule has 0 aromatic heterocycles. The third kappa shape index (κ3) is 5.14. The lowest BCUT2D eigenvalue weighted by Gasteiger charge is -2.26. The van der Waals surface area contributed by atoms with Gasteiger partial charge in [-0.2, -0.15) is 17.5 Å². The Morgan fingerprint density at radius 3 is 2.29 bits per heavy atom. The highest BCUT2D eigenvalue weighted by atomic mass is 32.2. The molecule has 0 radical (unpaired) electrons. The van der Waals surface area contributed by atoms with E-state index in [0.717, 1.165) is 18.2 Å². The Balaban J connectivity index is 1.86. The quantitative estimate of drug-likeness (QED) is 0.486. The van der Waals surface area contributed by atoms with Gasteiger partial charge in [0.25, 0.3) is 5.69 Å². The molecule has 1 fully saturated rings. The summed E-state index contributed by atoms with van der Waals surface area (Å²) in [5.41, 5.74) is -0.549. The van der Waals surface area contributed by atoms with Crippen LogP contribution in [0.1, 0.15) is 11.1 Å². The minimum atomic E-state index is -4.45. The molecule has 2 aromatic rings. The number of benzene rings is 2. The topological polar surface area (TPSA) is 93.0 Å². The number of nitro groups is 1. The number of alkyl halides is 3. The van der Waals surface area contributed by atoms with Crippen LogP contribution in [0.3, 0.4) is 0 Å². The zero-order chi connectivity index (χ0) is 22.8. The Morgan fingerprint density at radius 1 is 1.13 bits per heavy atom. The second-order valence-corrected chi connectivity index (χ2v) is 8.91. The molecule has 0 amide bonds. The van der Waals surface area contributed by atoms with Gasteiger partial charge < -0.3 is 9.64 Å². The normalized spacial score (nSPS) is 15.6. The van der Waals surface area contributed by atoms with Gasteiger partial charge in [0.15, 0.2) is 0 Å². The summed E-state index contributed by atoms with van der Waals surface area (Å²) in [6, 6.07) is 8.09. The third-order valence-electron chi connectivity index (χ3n) is 4.86. The largest absolute Gasteiger partial charge is 0.416 e. The van der Waals surface area contributed by atoms with Crippen LogP contribution in [0.5, 0.6) is 0 Å². The Hall–Kier alpha value is -2.70. The van der Waals surface area contributed by atoms with Crippen LogP contribution in [0.2, 0.25) is 0 Å². The van der Waals surface area contributed by atoms with E-state index in [1.54, 1.807) is 0 Å². The van der Waals surface area contributed by atoms with Crippen molar-refractivity contribution in [1.29, 1.82) is 0 Å². The summed E-state index contributed by atoms with van der Waals surface area (Å²) in [5.74, 6) is 0. The van der Waals surface area contributed by atoms with Gasteiger partial charge >= 0.3 is 6.18 Å².